The molecule has 2 saturated heterocycles. The first kappa shape index (κ1) is 71.8. The maximum Gasteiger partial charge on any atom is 0.412 e. The van der Waals surface area contributed by atoms with Gasteiger partial charge in [-0.3, -0.25) is 33.5 Å². The number of nitrogens with zero attached hydrogens (tertiary/aromatic N) is 3. The number of ether oxygens (including phenoxy) is 11. The van der Waals surface area contributed by atoms with Crippen LogP contribution in [0.1, 0.15) is 115 Å². The van der Waals surface area contributed by atoms with Crippen molar-refractivity contribution in [3.05, 3.63) is 165 Å². The van der Waals surface area contributed by atoms with Gasteiger partial charge in [-0.1, -0.05) is 72.8 Å². The van der Waals surface area contributed by atoms with Gasteiger partial charge in [0.15, 0.2) is 12.3 Å². The molecule has 9 atom stereocenters. The highest BCUT2D eigenvalue weighted by Gasteiger charge is 2.60. The molecule has 4 aromatic carbocycles. The van der Waals surface area contributed by atoms with E-state index in [0.29, 0.717) is 50.0 Å². The standard InChI is InChI=1S/C68H86N5O20P/c1-43(2)73(44(3)4)94(93-59-57(89-62(61(59)83-10)72-38-35-58(77)70-65(72)79)42-85-68(49-23-14-12-15-24-49,50-27-31-52(81-8)32-28-50)51-29-33-53(82-9)34-30-51)86-39-21-13-19-36-71(37-20-18-22-48-41-69-55-26-17-16-25-54(48)55)66(80)90-63-60(88-46(6)75)56(87-45(5)74)40-67(92-63,64(78)84-11)91-47(7)76/h12,14-17,23-35,38,41,43-44,56-57,59-63,69H,13,18-22,36-37,39-40,42H2,1-11H3,(H,70,77,79)/t56?,57-,59?,60?,61?,62-,63?,67?,94?/m1/s1. The minimum absolute atomic E-state index is 0.113. The van der Waals surface area contributed by atoms with Crippen LogP contribution in [0.2, 0.25) is 0 Å². The molecule has 25 nitrogen and oxygen atoms in total. The summed E-state index contributed by atoms with van der Waals surface area (Å²) < 4.78 is 82.6. The molecule has 2 aliphatic rings. The molecule has 0 aliphatic carbocycles. The van der Waals surface area contributed by atoms with Crippen LogP contribution in [0.25, 0.3) is 10.9 Å². The number of unbranched alkanes of at least 4 members (excludes halogenated alkanes) is 3. The molecule has 0 radical (unpaired) electrons. The molecule has 4 heterocycles. The van der Waals surface area contributed by atoms with Crippen molar-refractivity contribution in [1.29, 1.82) is 0 Å². The van der Waals surface area contributed by atoms with Crippen molar-refractivity contribution < 1.29 is 85.1 Å². The summed E-state index contributed by atoms with van der Waals surface area (Å²) in [6.07, 6.45) is -4.06. The Morgan fingerprint density at radius 3 is 1.90 bits per heavy atom. The van der Waals surface area contributed by atoms with Gasteiger partial charge in [-0.15, -0.1) is 0 Å². The van der Waals surface area contributed by atoms with E-state index >= 15 is 0 Å². The molecule has 0 bridgehead atoms. The van der Waals surface area contributed by atoms with Crippen molar-refractivity contribution in [3.8, 4) is 11.5 Å². The van der Waals surface area contributed by atoms with Crippen molar-refractivity contribution in [1.82, 2.24) is 24.1 Å². The summed E-state index contributed by atoms with van der Waals surface area (Å²) in [4.78, 5) is 98.9. The second-order valence-corrected chi connectivity index (χ2v) is 24.7. The van der Waals surface area contributed by atoms with Gasteiger partial charge in [0.25, 0.3) is 14.1 Å². The Bertz CT molecular complexity index is 3530. The lowest BCUT2D eigenvalue weighted by molar-refractivity contribution is -0.341. The minimum Gasteiger partial charge on any atom is -0.497 e. The SMILES string of the molecule is COC(=O)C1(OC(C)=O)CC(OC(C)=O)C(OC(C)=O)C(OC(=O)N(CCCCCOP(OC2C(OC)[C@H](n3ccc(=O)[nH]c3=O)O[C@@H]2COC(c2ccccc2)(c2ccc(OC)cc2)c2ccc(OC)cc2)N(C(C)C)C(C)C)CCCCc2c[nH]c3ccccc23)O1. The van der Waals surface area contributed by atoms with Gasteiger partial charge in [-0.25, -0.2) is 19.1 Å². The van der Waals surface area contributed by atoms with Crippen LogP contribution in [0, 0.1) is 0 Å². The van der Waals surface area contributed by atoms with E-state index < -0.39 is 111 Å². The predicted octanol–water partition coefficient (Wildman–Crippen LogP) is 9.38. The van der Waals surface area contributed by atoms with E-state index in [1.54, 1.807) is 14.2 Å². The minimum atomic E-state index is -2.57. The largest absolute Gasteiger partial charge is 0.497 e. The molecule has 26 heteroatoms. The summed E-state index contributed by atoms with van der Waals surface area (Å²) in [7, 11) is 3.74. The topological polar surface area (TPSA) is 282 Å². The Hall–Kier alpha value is -8.00. The number of carbonyl (C=O) groups is 5. The van der Waals surface area contributed by atoms with Gasteiger partial charge in [0.05, 0.1) is 41.0 Å². The van der Waals surface area contributed by atoms with Gasteiger partial charge in [0.1, 0.15) is 35.4 Å². The van der Waals surface area contributed by atoms with Crippen molar-refractivity contribution >= 4 is 49.4 Å². The molecule has 2 aromatic heterocycles. The smallest absolute Gasteiger partial charge is 0.412 e. The van der Waals surface area contributed by atoms with Gasteiger partial charge < -0.3 is 66.3 Å². The fraction of sp³-hybridized carbons (Fsp3) is 0.485. The Balaban J connectivity index is 1.05. The van der Waals surface area contributed by atoms with Crippen LogP contribution in [-0.4, -0.2) is 163 Å². The second-order valence-electron chi connectivity index (χ2n) is 23.3. The van der Waals surface area contributed by atoms with Crippen LogP contribution in [0.3, 0.4) is 0 Å². The number of para-hydroxylation sites is 1. The van der Waals surface area contributed by atoms with Crippen molar-refractivity contribution in [3.63, 3.8) is 0 Å². The number of rotatable bonds is 32. The van der Waals surface area contributed by atoms with Crippen LogP contribution in [0.4, 0.5) is 4.79 Å². The van der Waals surface area contributed by atoms with Crippen molar-refractivity contribution in [2.24, 2.45) is 0 Å². The molecule has 8 rings (SSSR count). The van der Waals surface area contributed by atoms with Crippen LogP contribution in [0.15, 0.2) is 131 Å². The molecule has 94 heavy (non-hydrogen) atoms. The molecule has 2 N–H and O–H groups in total. The first-order valence-corrected chi connectivity index (χ1v) is 32.5. The lowest BCUT2D eigenvalue weighted by Gasteiger charge is -2.44. The van der Waals surface area contributed by atoms with Crippen LogP contribution in [0.5, 0.6) is 11.5 Å². The number of amides is 1. The lowest BCUT2D eigenvalue weighted by Crippen LogP contribution is -2.63. The quantitative estimate of drug-likeness (QED) is 0.0131. The summed E-state index contributed by atoms with van der Waals surface area (Å²) in [6, 6.07) is 33.9. The third kappa shape index (κ3) is 17.5. The predicted molar refractivity (Wildman–Crippen MR) is 344 cm³/mol. The molecule has 0 saturated carbocycles. The number of H-pyrrole nitrogens is 2. The number of fused-ring (bicyclic) bond motifs is 1. The summed E-state index contributed by atoms with van der Waals surface area (Å²) in [6.45, 7) is 11.7. The number of hydrogen-bond acceptors (Lipinski definition) is 21. The Labute approximate surface area is 547 Å². The average molecular weight is 1320 g/mol. The molecule has 2 fully saturated rings. The fourth-order valence-corrected chi connectivity index (χ4v) is 13.8. The van der Waals surface area contributed by atoms with Gasteiger partial charge in [-0.2, -0.15) is 0 Å². The van der Waals surface area contributed by atoms with Crippen LogP contribution < -0.4 is 20.7 Å². The first-order valence-electron chi connectivity index (χ1n) is 31.3. The molecule has 6 aromatic rings. The monoisotopic (exact) mass is 1320 g/mol. The summed E-state index contributed by atoms with van der Waals surface area (Å²) in [5, 5.41) is 1.09. The van der Waals surface area contributed by atoms with Gasteiger partial charge in [0, 0.05) is 82.4 Å². The normalized spacial score (nSPS) is 20.8. The van der Waals surface area contributed by atoms with Gasteiger partial charge >= 0.3 is 41.4 Å². The highest BCUT2D eigenvalue weighted by molar-refractivity contribution is 7.44. The number of aromatic nitrogens is 3. The zero-order valence-electron chi connectivity index (χ0n) is 55.0. The maximum atomic E-state index is 14.6. The number of carbonyl (C=O) groups excluding carboxylic acids is 5. The second kappa shape index (κ2) is 33.4. The summed E-state index contributed by atoms with van der Waals surface area (Å²) in [5.41, 5.74) is 1.81. The lowest BCUT2D eigenvalue weighted by atomic mass is 9.80. The van der Waals surface area contributed by atoms with E-state index in [1.807, 2.05) is 137 Å². The first-order chi connectivity index (χ1) is 45.1. The maximum absolute atomic E-state index is 14.6. The van der Waals surface area contributed by atoms with Crippen molar-refractivity contribution in [2.45, 2.75) is 160 Å². The number of aryl methyl sites for hydroxylation is 1. The molecule has 508 valence electrons. The third-order valence-corrected chi connectivity index (χ3v) is 18.3. The molecule has 2 aliphatic heterocycles. The molecule has 7 unspecified atom stereocenters. The zero-order chi connectivity index (χ0) is 67.7. The molecular formula is C68H86N5O20P. The number of hydrogen-bond donors (Lipinski definition) is 2. The third-order valence-electron chi connectivity index (χ3n) is 16.2. The highest BCUT2D eigenvalue weighted by Crippen LogP contribution is 2.51. The van der Waals surface area contributed by atoms with E-state index in [4.69, 9.17) is 61.2 Å². The average Bonchev–Trinajstić information content (AvgIpc) is 0.792. The number of esters is 4. The Morgan fingerprint density at radius 2 is 1.32 bits per heavy atom. The van der Waals surface area contributed by atoms with Crippen LogP contribution in [-0.2, 0) is 82.9 Å². The van der Waals surface area contributed by atoms with E-state index in [2.05, 4.69) is 14.6 Å². The van der Waals surface area contributed by atoms with E-state index in [1.165, 1.54) is 28.8 Å². The number of benzene rings is 4. The van der Waals surface area contributed by atoms with Crippen molar-refractivity contribution in [2.75, 3.05) is 54.7 Å². The number of methoxy groups -OCH3 is 4. The van der Waals surface area contributed by atoms with Gasteiger partial charge in [-0.05, 0) is 119 Å². The zero-order valence-corrected chi connectivity index (χ0v) is 55.9. The summed E-state index contributed by atoms with van der Waals surface area (Å²) in [5.74, 6) is -5.17. The Morgan fingerprint density at radius 1 is 0.702 bits per heavy atom. The van der Waals surface area contributed by atoms with E-state index in [9.17, 15) is 33.6 Å². The van der Waals surface area contributed by atoms with Crippen LogP contribution >= 0.6 is 8.53 Å². The Kier molecular flexibility index (Phi) is 25.5. The number of aromatic amines is 2. The van der Waals surface area contributed by atoms with E-state index in [0.717, 1.165) is 61.0 Å². The highest BCUT2D eigenvalue weighted by atomic mass is 31.2. The number of nitrogens with one attached hydrogen (secondary N) is 2. The molecule has 1 amide bonds. The summed E-state index contributed by atoms with van der Waals surface area (Å²) >= 11 is 0. The van der Waals surface area contributed by atoms with Gasteiger partial charge in [0.2, 0.25) is 12.4 Å². The van der Waals surface area contributed by atoms with E-state index in [-0.39, 0.29) is 38.4 Å². The molecule has 0 spiro atoms. The fourth-order valence-electron chi connectivity index (χ4n) is 12.0. The molecular weight excluding hydrogens is 1240 g/mol.